The van der Waals surface area contributed by atoms with Crippen LogP contribution in [0.2, 0.25) is 0 Å². The van der Waals surface area contributed by atoms with Crippen molar-refractivity contribution in [2.45, 2.75) is 0 Å². The third-order valence-corrected chi connectivity index (χ3v) is 2.16. The van der Waals surface area contributed by atoms with E-state index in [4.69, 9.17) is 14.2 Å². The summed E-state index contributed by atoms with van der Waals surface area (Å²) in [6.07, 6.45) is 0. The Bertz CT molecular complexity index is 330. The molecule has 2 N–H and O–H groups in total. The molecule has 0 aliphatic rings. The molecule has 1 aromatic rings. The number of anilines is 1. The van der Waals surface area contributed by atoms with Crippen molar-refractivity contribution >= 4 is 5.69 Å². The number of ether oxygens (including phenoxy) is 3. The zero-order valence-electron chi connectivity index (χ0n) is 10.2. The van der Waals surface area contributed by atoms with Crippen LogP contribution in [-0.2, 0) is 9.47 Å². The van der Waals surface area contributed by atoms with Crippen molar-refractivity contribution in [2.24, 2.45) is 0 Å². The van der Waals surface area contributed by atoms with E-state index < -0.39 is 0 Å². The third-order valence-electron chi connectivity index (χ3n) is 2.16. The zero-order valence-corrected chi connectivity index (χ0v) is 10.2. The minimum Gasteiger partial charge on any atom is -0.504 e. The van der Waals surface area contributed by atoms with Gasteiger partial charge in [-0.05, 0) is 12.1 Å². The first-order chi connectivity index (χ1) is 8.27. The largest absolute Gasteiger partial charge is 0.504 e. The van der Waals surface area contributed by atoms with Gasteiger partial charge in [-0.1, -0.05) is 0 Å². The van der Waals surface area contributed by atoms with Gasteiger partial charge in [-0.25, -0.2) is 0 Å². The zero-order chi connectivity index (χ0) is 12.5. The first-order valence-electron chi connectivity index (χ1n) is 5.48. The van der Waals surface area contributed by atoms with E-state index in [1.54, 1.807) is 26.3 Å². The lowest BCUT2D eigenvalue weighted by Crippen LogP contribution is -2.10. The molecular formula is C12H19NO4. The lowest BCUT2D eigenvalue weighted by atomic mass is 10.3. The molecule has 0 aliphatic carbocycles. The number of hydrogen-bond acceptors (Lipinski definition) is 5. The van der Waals surface area contributed by atoms with Crippen molar-refractivity contribution in [2.75, 3.05) is 45.9 Å². The maximum absolute atomic E-state index is 9.64. The van der Waals surface area contributed by atoms with E-state index in [1.807, 2.05) is 6.07 Å². The topological polar surface area (TPSA) is 60.0 Å². The summed E-state index contributed by atoms with van der Waals surface area (Å²) in [5, 5.41) is 12.6. The van der Waals surface area contributed by atoms with Gasteiger partial charge in [-0.2, -0.15) is 0 Å². The van der Waals surface area contributed by atoms with E-state index in [2.05, 4.69) is 5.32 Å². The molecule has 0 spiro atoms. The van der Waals surface area contributed by atoms with Crippen molar-refractivity contribution in [3.05, 3.63) is 18.2 Å². The summed E-state index contributed by atoms with van der Waals surface area (Å²) in [6, 6.07) is 5.16. The molecule has 0 fully saturated rings. The molecule has 0 aromatic heterocycles. The Kier molecular flexibility index (Phi) is 6.21. The first kappa shape index (κ1) is 13.6. The average molecular weight is 241 g/mol. The number of methoxy groups -OCH3 is 1. The Morgan fingerprint density at radius 3 is 2.59 bits per heavy atom. The molecule has 5 heteroatoms. The molecule has 0 heterocycles. The summed E-state index contributed by atoms with van der Waals surface area (Å²) in [5.74, 6) is 0.577. The van der Waals surface area contributed by atoms with Gasteiger partial charge in [0.05, 0.1) is 19.8 Å². The second kappa shape index (κ2) is 7.76. The summed E-state index contributed by atoms with van der Waals surface area (Å²) in [5.41, 5.74) is 0.839. The molecule has 0 amide bonds. The monoisotopic (exact) mass is 241 g/mol. The highest BCUT2D eigenvalue weighted by molar-refractivity contribution is 5.53. The Balaban J connectivity index is 2.27. The standard InChI is InChI=1S/C12H19NO4/c1-13-10-3-4-12(11(14)9-10)17-8-7-16-6-5-15-2/h3-4,9,13-14H,5-8H2,1-2H3. The highest BCUT2D eigenvalue weighted by Gasteiger charge is 2.02. The molecule has 96 valence electrons. The van der Waals surface area contributed by atoms with Gasteiger partial charge in [-0.3, -0.25) is 0 Å². The van der Waals surface area contributed by atoms with Crippen LogP contribution in [-0.4, -0.2) is 45.7 Å². The predicted molar refractivity (Wildman–Crippen MR) is 65.8 cm³/mol. The van der Waals surface area contributed by atoms with Crippen LogP contribution < -0.4 is 10.1 Å². The van der Waals surface area contributed by atoms with Crippen molar-refractivity contribution < 1.29 is 19.3 Å². The van der Waals surface area contributed by atoms with Crippen molar-refractivity contribution in [1.29, 1.82) is 0 Å². The molecule has 0 saturated heterocycles. The summed E-state index contributed by atoms with van der Waals surface area (Å²) < 4.78 is 15.4. The van der Waals surface area contributed by atoms with Crippen LogP contribution in [0.4, 0.5) is 5.69 Å². The molecule has 0 atom stereocenters. The Morgan fingerprint density at radius 1 is 1.18 bits per heavy atom. The molecule has 17 heavy (non-hydrogen) atoms. The van der Waals surface area contributed by atoms with E-state index in [0.717, 1.165) is 5.69 Å². The van der Waals surface area contributed by atoms with Crippen LogP contribution in [0.5, 0.6) is 11.5 Å². The molecule has 0 saturated carbocycles. The minimum absolute atomic E-state index is 0.119. The summed E-state index contributed by atoms with van der Waals surface area (Å²) >= 11 is 0. The SMILES string of the molecule is CNc1ccc(OCCOCCOC)c(O)c1. The highest BCUT2D eigenvalue weighted by Crippen LogP contribution is 2.28. The fourth-order valence-electron chi connectivity index (χ4n) is 1.25. The van der Waals surface area contributed by atoms with Gasteiger partial charge >= 0.3 is 0 Å². The summed E-state index contributed by atoms with van der Waals surface area (Å²) in [6.45, 7) is 1.99. The molecule has 1 rings (SSSR count). The van der Waals surface area contributed by atoms with Crippen LogP contribution in [0.15, 0.2) is 18.2 Å². The molecule has 0 aliphatic heterocycles. The van der Waals surface area contributed by atoms with E-state index in [9.17, 15) is 5.11 Å². The van der Waals surface area contributed by atoms with Gasteiger partial charge in [0.2, 0.25) is 0 Å². The molecule has 1 aromatic carbocycles. The maximum Gasteiger partial charge on any atom is 0.161 e. The summed E-state index contributed by atoms with van der Waals surface area (Å²) in [7, 11) is 3.42. The molecule has 0 unspecified atom stereocenters. The van der Waals surface area contributed by atoms with Gasteiger partial charge in [-0.15, -0.1) is 0 Å². The highest BCUT2D eigenvalue weighted by atomic mass is 16.5. The molecule has 5 nitrogen and oxygen atoms in total. The average Bonchev–Trinajstić information content (AvgIpc) is 2.35. The van der Waals surface area contributed by atoms with E-state index >= 15 is 0 Å². The van der Waals surface area contributed by atoms with Crippen LogP contribution in [0.25, 0.3) is 0 Å². The number of aromatic hydroxyl groups is 1. The number of nitrogens with one attached hydrogen (secondary N) is 1. The third kappa shape index (κ3) is 4.93. The number of benzene rings is 1. The normalized spacial score (nSPS) is 10.2. The second-order valence-electron chi connectivity index (χ2n) is 3.39. The molecule has 0 bridgehead atoms. The fourth-order valence-corrected chi connectivity index (χ4v) is 1.25. The van der Waals surface area contributed by atoms with Crippen LogP contribution >= 0.6 is 0 Å². The van der Waals surface area contributed by atoms with E-state index in [1.165, 1.54) is 0 Å². The van der Waals surface area contributed by atoms with Crippen molar-refractivity contribution in [3.63, 3.8) is 0 Å². The lowest BCUT2D eigenvalue weighted by molar-refractivity contribution is 0.0540. The number of hydrogen-bond donors (Lipinski definition) is 2. The van der Waals surface area contributed by atoms with Crippen LogP contribution in [0.3, 0.4) is 0 Å². The van der Waals surface area contributed by atoms with Crippen molar-refractivity contribution in [1.82, 2.24) is 0 Å². The number of phenols is 1. The quantitative estimate of drug-likeness (QED) is 0.675. The molecule has 0 radical (unpaired) electrons. The van der Waals surface area contributed by atoms with Gasteiger partial charge in [0.1, 0.15) is 6.61 Å². The fraction of sp³-hybridized carbons (Fsp3) is 0.500. The maximum atomic E-state index is 9.64. The van der Waals surface area contributed by atoms with Crippen molar-refractivity contribution in [3.8, 4) is 11.5 Å². The van der Waals surface area contributed by atoms with Crippen LogP contribution in [0, 0.1) is 0 Å². The van der Waals surface area contributed by atoms with E-state index in [-0.39, 0.29) is 5.75 Å². The number of phenolic OH excluding ortho intramolecular Hbond substituents is 1. The lowest BCUT2D eigenvalue weighted by Gasteiger charge is -2.09. The van der Waals surface area contributed by atoms with Gasteiger partial charge in [0.25, 0.3) is 0 Å². The Morgan fingerprint density at radius 2 is 1.94 bits per heavy atom. The van der Waals surface area contributed by atoms with Gasteiger partial charge < -0.3 is 24.6 Å². The number of rotatable bonds is 8. The van der Waals surface area contributed by atoms with Crippen LogP contribution in [0.1, 0.15) is 0 Å². The van der Waals surface area contributed by atoms with E-state index in [0.29, 0.717) is 32.2 Å². The molecular weight excluding hydrogens is 222 g/mol. The Hall–Kier alpha value is -1.46. The first-order valence-corrected chi connectivity index (χ1v) is 5.48. The van der Waals surface area contributed by atoms with Gasteiger partial charge in [0.15, 0.2) is 11.5 Å². The van der Waals surface area contributed by atoms with Gasteiger partial charge in [0, 0.05) is 25.9 Å². The summed E-state index contributed by atoms with van der Waals surface area (Å²) in [4.78, 5) is 0. The second-order valence-corrected chi connectivity index (χ2v) is 3.39. The Labute approximate surface area is 101 Å². The minimum atomic E-state index is 0.119. The smallest absolute Gasteiger partial charge is 0.161 e. The predicted octanol–water partition coefficient (Wildman–Crippen LogP) is 1.48.